The molecule has 0 spiro atoms. The fraction of sp³-hybridized carbons (Fsp3) is 0.623. The van der Waals surface area contributed by atoms with E-state index in [-0.39, 0.29) is 62.9 Å². The third kappa shape index (κ3) is 15.9. The van der Waals surface area contributed by atoms with Gasteiger partial charge in [-0.05, 0) is 103 Å². The molecule has 2 aliphatic carbocycles. The Labute approximate surface area is 498 Å². The van der Waals surface area contributed by atoms with Crippen molar-refractivity contribution in [2.45, 2.75) is 180 Å². The summed E-state index contributed by atoms with van der Waals surface area (Å²) in [6.45, 7) is 16.0. The predicted octanol–water partition coefficient (Wildman–Crippen LogP) is 8.78. The minimum atomic E-state index is -3.89. The van der Waals surface area contributed by atoms with Crippen LogP contribution in [-0.4, -0.2) is 146 Å². The number of amides is 7. The largest absolute Gasteiger partial charge is 0.450 e. The lowest BCUT2D eigenvalue weighted by atomic mass is 9.86. The van der Waals surface area contributed by atoms with Crippen LogP contribution in [0.2, 0.25) is 0 Å². The number of alkyl carbamates (subject to hydrolysis) is 2. The number of thioether (sulfide) groups is 1. The van der Waals surface area contributed by atoms with E-state index in [1.807, 2.05) is 52.0 Å². The number of ether oxygens (including phenoxy) is 4. The first-order valence-corrected chi connectivity index (χ1v) is 32.2. The van der Waals surface area contributed by atoms with Crippen LogP contribution in [0.15, 0.2) is 58.4 Å². The molecule has 8 rings (SSSR count). The number of sulfonamides is 1. The molecule has 6 aliphatic rings. The molecule has 23 heteroatoms. The lowest BCUT2D eigenvalue weighted by Gasteiger charge is -2.30. The van der Waals surface area contributed by atoms with Crippen molar-refractivity contribution >= 4 is 81.5 Å². The maximum absolute atomic E-state index is 14.8. The van der Waals surface area contributed by atoms with E-state index in [0.717, 1.165) is 64.3 Å². The highest BCUT2D eigenvalue weighted by Gasteiger charge is 2.59. The van der Waals surface area contributed by atoms with E-state index in [2.05, 4.69) is 49.5 Å². The molecule has 4 heterocycles. The van der Waals surface area contributed by atoms with Gasteiger partial charge in [-0.1, -0.05) is 97.7 Å². The van der Waals surface area contributed by atoms with Gasteiger partial charge in [0.2, 0.25) is 15.9 Å². The number of benzene rings is 2. The summed E-state index contributed by atoms with van der Waals surface area (Å²) in [4.78, 5) is 107. The highest BCUT2D eigenvalue weighted by molar-refractivity contribution is 7.99. The van der Waals surface area contributed by atoms with Crippen molar-refractivity contribution in [1.82, 2.24) is 25.2 Å². The molecule has 2 aromatic rings. The topological polar surface area (TPSA) is 252 Å². The Hall–Kier alpha value is -6.49. The monoisotopic (exact) mass is 1200 g/mol. The number of allylic oxidation sites excluding steroid dienone is 1. The molecule has 2 aromatic carbocycles. The molecule has 3 N–H and O–H groups in total. The van der Waals surface area contributed by atoms with Crippen molar-refractivity contribution in [3.63, 3.8) is 0 Å². The van der Waals surface area contributed by atoms with Crippen molar-refractivity contribution in [2.75, 3.05) is 50.5 Å². The first-order chi connectivity index (χ1) is 39.9. The van der Waals surface area contributed by atoms with E-state index >= 15 is 0 Å². The molecular weight excluding hydrogens is 1120 g/mol. The normalized spacial score (nSPS) is 23.4. The SMILES string of the molecule is CCC(CCN1CCCCC(C)(C)COC(=O)NC(C(C)(C)C)C(=O)[N+]2=C(C(=O)N=CC3(C(=O)NS(=O)(=O)C4CC4)CC3CC)CC(C2)OC(=O)N2Cc3cccc1c3C2)OC(=O)N1Cc2cccc(SCC=CCCCOC(=O)NC)c2C1. The Morgan fingerprint density at radius 3 is 2.44 bits per heavy atom. The van der Waals surface area contributed by atoms with Crippen molar-refractivity contribution in [1.29, 1.82) is 0 Å². The van der Waals surface area contributed by atoms with Crippen molar-refractivity contribution in [2.24, 2.45) is 27.2 Å². The average molecular weight is 1200 g/mol. The number of aliphatic imine (C=N–C) groups is 1. The Bertz CT molecular complexity index is 3030. The number of carbonyl (C=O) groups is 7. The fourth-order valence-corrected chi connectivity index (χ4v) is 13.7. The van der Waals surface area contributed by atoms with Crippen LogP contribution >= 0.6 is 11.8 Å². The standard InChI is InChI=1S/C61H84N8O13S2/c1-9-42-32-61(42,54(72)65-84(77,78)45-23-24-45)38-63-52(70)49-31-44-35-69(49)53(71)51(59(3,4)5)64-56(74)80-39-60(6,7)26-13-14-27-66(48-21-17-19-40-33-67(36-46(40)48)58(76)82-44)28-25-43(10-2)81-57(75)68-34-41-20-18-22-50(47(41)37-68)83-30-16-12-11-15-29-79-55(73)62-8/h12,16-22,38,42-45,51H,9-11,13-15,23-37,39H2,1-8H3,(H2-,62,64,65,72,73,74)/p+1. The molecule has 5 atom stereocenters. The van der Waals surface area contributed by atoms with Gasteiger partial charge in [0.25, 0.3) is 5.71 Å². The van der Waals surface area contributed by atoms with E-state index in [0.29, 0.717) is 71.3 Å². The van der Waals surface area contributed by atoms with Crippen LogP contribution in [-0.2, 0) is 69.5 Å². The highest BCUT2D eigenvalue weighted by atomic mass is 32.2. The van der Waals surface area contributed by atoms with Crippen molar-refractivity contribution < 1.29 is 65.5 Å². The molecule has 0 saturated heterocycles. The number of fused-ring (bicyclic) bond motifs is 4. The molecular formula is C61H85N8O13S2+. The molecule has 4 aliphatic heterocycles. The van der Waals surface area contributed by atoms with Gasteiger partial charge in [0, 0.05) is 62.2 Å². The van der Waals surface area contributed by atoms with Gasteiger partial charge in [-0.2, -0.15) is 4.58 Å². The third-order valence-corrected chi connectivity index (χ3v) is 19.6. The van der Waals surface area contributed by atoms with Gasteiger partial charge in [-0.15, -0.1) is 11.8 Å². The second-order valence-electron chi connectivity index (χ2n) is 24.9. The summed E-state index contributed by atoms with van der Waals surface area (Å²) in [5, 5.41) is 4.58. The Kier molecular flexibility index (Phi) is 20.6. The third-order valence-electron chi connectivity index (χ3n) is 16.7. The van der Waals surface area contributed by atoms with Crippen LogP contribution in [0.1, 0.15) is 148 Å². The lowest BCUT2D eigenvalue weighted by molar-refractivity contribution is -0.450. The smallest absolute Gasteiger partial charge is 0.410 e. The first kappa shape index (κ1) is 63.5. The summed E-state index contributed by atoms with van der Waals surface area (Å²) in [6, 6.07) is 11.0. The molecule has 21 nitrogen and oxygen atoms in total. The number of anilines is 1. The fourth-order valence-electron chi connectivity index (χ4n) is 11.4. The van der Waals surface area contributed by atoms with Crippen LogP contribution < -0.4 is 20.3 Å². The predicted molar refractivity (Wildman–Crippen MR) is 318 cm³/mol. The molecule has 0 aromatic heterocycles. The summed E-state index contributed by atoms with van der Waals surface area (Å²) in [6.07, 6.45) is 8.21. The van der Waals surface area contributed by atoms with E-state index in [9.17, 15) is 42.0 Å². The molecule has 458 valence electrons. The molecule has 0 radical (unpaired) electrons. The zero-order chi connectivity index (χ0) is 60.6. The van der Waals surface area contributed by atoms with Crippen LogP contribution in [0.25, 0.3) is 0 Å². The van der Waals surface area contributed by atoms with E-state index < -0.39 is 79.7 Å². The number of unbranched alkanes of at least 4 members (excludes halogenated alkanes) is 1. The number of hydrogen-bond acceptors (Lipinski definition) is 15. The van der Waals surface area contributed by atoms with E-state index in [4.69, 9.17) is 18.9 Å². The van der Waals surface area contributed by atoms with Crippen LogP contribution in [0.3, 0.4) is 0 Å². The highest BCUT2D eigenvalue weighted by Crippen LogP contribution is 2.53. The molecule has 2 saturated carbocycles. The number of nitrogens with zero attached hydrogens (tertiary/aromatic N) is 5. The zero-order valence-electron chi connectivity index (χ0n) is 50.0. The van der Waals surface area contributed by atoms with Gasteiger partial charge in [0.05, 0.1) is 43.4 Å². The molecule has 84 heavy (non-hydrogen) atoms. The number of nitrogens with one attached hydrogen (secondary N) is 3. The van der Waals surface area contributed by atoms with Gasteiger partial charge in [0.1, 0.15) is 6.10 Å². The molecule has 7 amide bonds. The average Bonchev–Trinajstić information content (AvgIpc) is 2.83. The van der Waals surface area contributed by atoms with E-state index in [1.165, 1.54) is 17.8 Å². The van der Waals surface area contributed by atoms with Crippen molar-refractivity contribution in [3.8, 4) is 0 Å². The number of cyclic esters (lactones) is 1. The van der Waals surface area contributed by atoms with Crippen LogP contribution in [0.5, 0.6) is 0 Å². The Balaban J connectivity index is 0.962. The second kappa shape index (κ2) is 27.3. The maximum atomic E-state index is 14.8. The first-order valence-electron chi connectivity index (χ1n) is 29.7. The number of rotatable bonds is 18. The summed E-state index contributed by atoms with van der Waals surface area (Å²) in [5.41, 5.74) is 2.26. The number of carbonyl (C=O) groups excluding carboxylic acids is 7. The Morgan fingerprint density at radius 1 is 0.988 bits per heavy atom. The lowest BCUT2D eigenvalue weighted by Crippen LogP contribution is -2.53. The van der Waals surface area contributed by atoms with E-state index in [1.54, 1.807) is 42.3 Å². The van der Waals surface area contributed by atoms with Crippen LogP contribution in [0.4, 0.5) is 24.9 Å². The minimum Gasteiger partial charge on any atom is -0.450 e. The molecule has 4 bridgehead atoms. The van der Waals surface area contributed by atoms with Gasteiger partial charge in [-0.25, -0.2) is 37.4 Å². The Morgan fingerprint density at radius 2 is 1.74 bits per heavy atom. The summed E-state index contributed by atoms with van der Waals surface area (Å²) in [7, 11) is -2.36. The maximum Gasteiger partial charge on any atom is 0.410 e. The van der Waals surface area contributed by atoms with Crippen molar-refractivity contribution in [3.05, 3.63) is 70.8 Å². The molecule has 5 unspecified atom stereocenters. The van der Waals surface area contributed by atoms with Gasteiger partial charge >= 0.3 is 36.2 Å². The number of hydrogen-bond donors (Lipinski definition) is 3. The summed E-state index contributed by atoms with van der Waals surface area (Å²) in [5.74, 6) is -1.76. The van der Waals surface area contributed by atoms with Gasteiger partial charge < -0.3 is 34.5 Å². The summed E-state index contributed by atoms with van der Waals surface area (Å²) >= 11 is 1.71. The quantitative estimate of drug-likeness (QED) is 0.0315. The van der Waals surface area contributed by atoms with Gasteiger partial charge in [0.15, 0.2) is 18.7 Å². The summed E-state index contributed by atoms with van der Waals surface area (Å²) < 4.78 is 52.4. The van der Waals surface area contributed by atoms with Gasteiger partial charge in [-0.3, -0.25) is 24.1 Å². The van der Waals surface area contributed by atoms with Crippen LogP contribution in [0, 0.1) is 22.2 Å². The molecule has 2 fully saturated rings. The zero-order valence-corrected chi connectivity index (χ0v) is 51.6. The second-order valence-corrected chi connectivity index (χ2v) is 27.9. The minimum absolute atomic E-state index is 0.0565.